The van der Waals surface area contributed by atoms with Crippen molar-refractivity contribution in [2.24, 2.45) is 12.0 Å². The largest absolute Gasteiger partial charge is 0.356 e. The Kier molecular flexibility index (Phi) is 7.28. The molecule has 1 aliphatic rings. The van der Waals surface area contributed by atoms with Gasteiger partial charge in [0.25, 0.3) is 0 Å². The Balaban J connectivity index is 0.00000225. The van der Waals surface area contributed by atoms with Gasteiger partial charge in [0.2, 0.25) is 0 Å². The van der Waals surface area contributed by atoms with Gasteiger partial charge >= 0.3 is 0 Å². The standard InChI is InChI=1S/C19H27N5.HI/c1-20-18(21-12-16-13-23-24(2)14-16)22-15-19(10-6-7-11-19)17-8-4-3-5-9-17;/h3-5,8-9,13-14H,6-7,10-12,15H2,1-2H3,(H2,20,21,22);1H. The lowest BCUT2D eigenvalue weighted by molar-refractivity contribution is 0.431. The van der Waals surface area contributed by atoms with Crippen LogP contribution in [0.15, 0.2) is 47.7 Å². The van der Waals surface area contributed by atoms with Crippen molar-refractivity contribution in [2.75, 3.05) is 13.6 Å². The van der Waals surface area contributed by atoms with Gasteiger partial charge in [-0.3, -0.25) is 9.67 Å². The fourth-order valence-electron chi connectivity index (χ4n) is 3.63. The molecule has 136 valence electrons. The first-order valence-electron chi connectivity index (χ1n) is 8.69. The number of rotatable bonds is 5. The average Bonchev–Trinajstić information content (AvgIpc) is 3.26. The minimum atomic E-state index is 0. The summed E-state index contributed by atoms with van der Waals surface area (Å²) in [6, 6.07) is 10.9. The van der Waals surface area contributed by atoms with E-state index in [0.717, 1.165) is 24.6 Å². The maximum Gasteiger partial charge on any atom is 0.191 e. The summed E-state index contributed by atoms with van der Waals surface area (Å²) in [6.07, 6.45) is 8.98. The van der Waals surface area contributed by atoms with Crippen LogP contribution < -0.4 is 10.6 Å². The lowest BCUT2D eigenvalue weighted by Crippen LogP contribution is -2.44. The second kappa shape index (κ2) is 9.22. The van der Waals surface area contributed by atoms with Gasteiger partial charge in [0.15, 0.2) is 5.96 Å². The number of aryl methyl sites for hydroxylation is 1. The molecule has 5 nitrogen and oxygen atoms in total. The number of aromatic nitrogens is 2. The SMILES string of the molecule is CN=C(NCc1cnn(C)c1)NCC1(c2ccccc2)CCCC1.I. The zero-order valence-corrected chi connectivity index (χ0v) is 17.4. The average molecular weight is 453 g/mol. The molecule has 1 aromatic heterocycles. The first kappa shape index (κ1) is 19.8. The lowest BCUT2D eigenvalue weighted by atomic mass is 9.79. The van der Waals surface area contributed by atoms with Crippen molar-refractivity contribution >= 4 is 29.9 Å². The zero-order valence-electron chi connectivity index (χ0n) is 15.0. The molecule has 0 amide bonds. The second-order valence-corrected chi connectivity index (χ2v) is 6.66. The molecule has 0 aliphatic heterocycles. The van der Waals surface area contributed by atoms with E-state index in [-0.39, 0.29) is 29.4 Å². The van der Waals surface area contributed by atoms with Crippen molar-refractivity contribution in [3.63, 3.8) is 0 Å². The Morgan fingerprint density at radius 1 is 1.20 bits per heavy atom. The van der Waals surface area contributed by atoms with Crippen molar-refractivity contribution in [3.8, 4) is 0 Å². The van der Waals surface area contributed by atoms with E-state index < -0.39 is 0 Å². The van der Waals surface area contributed by atoms with Gasteiger partial charge in [0.05, 0.1) is 6.20 Å². The Morgan fingerprint density at radius 3 is 2.52 bits per heavy atom. The molecule has 25 heavy (non-hydrogen) atoms. The van der Waals surface area contributed by atoms with Crippen LogP contribution in [-0.4, -0.2) is 29.3 Å². The highest BCUT2D eigenvalue weighted by atomic mass is 127. The number of aliphatic imine (C=N–C) groups is 1. The van der Waals surface area contributed by atoms with Crippen LogP contribution in [0.1, 0.15) is 36.8 Å². The molecule has 3 rings (SSSR count). The molecule has 0 saturated heterocycles. The normalized spacial score (nSPS) is 16.3. The van der Waals surface area contributed by atoms with Crippen molar-refractivity contribution in [1.29, 1.82) is 0 Å². The fourth-order valence-corrected chi connectivity index (χ4v) is 3.63. The van der Waals surface area contributed by atoms with E-state index in [1.807, 2.05) is 31.2 Å². The Bertz CT molecular complexity index is 674. The van der Waals surface area contributed by atoms with Crippen molar-refractivity contribution in [2.45, 2.75) is 37.6 Å². The van der Waals surface area contributed by atoms with Crippen molar-refractivity contribution < 1.29 is 0 Å². The quantitative estimate of drug-likeness (QED) is 0.416. The van der Waals surface area contributed by atoms with Crippen LogP contribution in [0.2, 0.25) is 0 Å². The Labute approximate surface area is 167 Å². The number of hydrogen-bond acceptors (Lipinski definition) is 2. The molecule has 0 bridgehead atoms. The van der Waals surface area contributed by atoms with E-state index >= 15 is 0 Å². The van der Waals surface area contributed by atoms with Crippen LogP contribution in [0, 0.1) is 0 Å². The van der Waals surface area contributed by atoms with E-state index in [1.54, 1.807) is 0 Å². The van der Waals surface area contributed by atoms with Crippen molar-refractivity contribution in [1.82, 2.24) is 20.4 Å². The number of nitrogens with one attached hydrogen (secondary N) is 2. The number of hydrogen-bond donors (Lipinski definition) is 2. The molecule has 6 heteroatoms. The maximum absolute atomic E-state index is 4.36. The lowest BCUT2D eigenvalue weighted by Gasteiger charge is -2.30. The van der Waals surface area contributed by atoms with Gasteiger partial charge in [-0.05, 0) is 18.4 Å². The Morgan fingerprint density at radius 2 is 1.92 bits per heavy atom. The predicted molar refractivity (Wildman–Crippen MR) is 113 cm³/mol. The molecule has 0 unspecified atom stereocenters. The number of benzene rings is 1. The van der Waals surface area contributed by atoms with Gasteiger partial charge in [0.1, 0.15) is 0 Å². The first-order valence-corrected chi connectivity index (χ1v) is 8.69. The van der Waals surface area contributed by atoms with Crippen LogP contribution in [-0.2, 0) is 19.0 Å². The second-order valence-electron chi connectivity index (χ2n) is 6.66. The molecule has 1 saturated carbocycles. The highest BCUT2D eigenvalue weighted by Crippen LogP contribution is 2.40. The van der Waals surface area contributed by atoms with E-state index in [0.29, 0.717) is 0 Å². The van der Waals surface area contributed by atoms with E-state index in [9.17, 15) is 0 Å². The highest BCUT2D eigenvalue weighted by Gasteiger charge is 2.35. The van der Waals surface area contributed by atoms with Gasteiger partial charge in [-0.2, -0.15) is 5.10 Å². The van der Waals surface area contributed by atoms with Gasteiger partial charge in [0, 0.05) is 44.4 Å². The molecule has 2 N–H and O–H groups in total. The molecule has 0 atom stereocenters. The molecule has 0 spiro atoms. The van der Waals surface area contributed by atoms with Gasteiger partial charge in [-0.25, -0.2) is 0 Å². The van der Waals surface area contributed by atoms with Gasteiger partial charge in [-0.1, -0.05) is 43.2 Å². The molecule has 1 heterocycles. The van der Waals surface area contributed by atoms with Gasteiger partial charge < -0.3 is 10.6 Å². The third-order valence-corrected chi connectivity index (χ3v) is 4.98. The Hall–Kier alpha value is -1.57. The molecule has 1 fully saturated rings. The summed E-state index contributed by atoms with van der Waals surface area (Å²) in [7, 11) is 3.75. The fraction of sp³-hybridized carbons (Fsp3) is 0.474. The summed E-state index contributed by atoms with van der Waals surface area (Å²) in [6.45, 7) is 1.65. The molecule has 2 aromatic rings. The van der Waals surface area contributed by atoms with Crippen LogP contribution in [0.25, 0.3) is 0 Å². The number of guanidine groups is 1. The van der Waals surface area contributed by atoms with E-state index in [4.69, 9.17) is 0 Å². The molecular formula is C19H28IN5. The number of nitrogens with zero attached hydrogens (tertiary/aromatic N) is 3. The summed E-state index contributed by atoms with van der Waals surface area (Å²) >= 11 is 0. The molecule has 0 radical (unpaired) electrons. The van der Waals surface area contributed by atoms with Gasteiger partial charge in [-0.15, -0.1) is 24.0 Å². The minimum Gasteiger partial charge on any atom is -0.356 e. The van der Waals surface area contributed by atoms with E-state index in [1.165, 1.54) is 31.2 Å². The predicted octanol–water partition coefficient (Wildman–Crippen LogP) is 3.22. The van der Waals surface area contributed by atoms with Crippen LogP contribution >= 0.6 is 24.0 Å². The summed E-state index contributed by atoms with van der Waals surface area (Å²) in [5.41, 5.74) is 2.82. The topological polar surface area (TPSA) is 54.2 Å². The maximum atomic E-state index is 4.36. The van der Waals surface area contributed by atoms with Crippen LogP contribution in [0.4, 0.5) is 0 Å². The highest BCUT2D eigenvalue weighted by molar-refractivity contribution is 14.0. The summed E-state index contributed by atoms with van der Waals surface area (Å²) < 4.78 is 1.82. The molecular weight excluding hydrogens is 425 g/mol. The van der Waals surface area contributed by atoms with E-state index in [2.05, 4.69) is 51.1 Å². The summed E-state index contributed by atoms with van der Waals surface area (Å²) in [4.78, 5) is 4.36. The summed E-state index contributed by atoms with van der Waals surface area (Å²) in [5, 5.41) is 11.1. The smallest absolute Gasteiger partial charge is 0.191 e. The molecule has 1 aromatic carbocycles. The minimum absolute atomic E-state index is 0. The molecule has 1 aliphatic carbocycles. The van der Waals surface area contributed by atoms with Crippen LogP contribution in [0.3, 0.4) is 0 Å². The zero-order chi connectivity index (χ0) is 16.8. The number of halogens is 1. The third kappa shape index (κ3) is 4.96. The first-order chi connectivity index (χ1) is 11.7. The monoisotopic (exact) mass is 453 g/mol. The summed E-state index contributed by atoms with van der Waals surface area (Å²) in [5.74, 6) is 0.848. The third-order valence-electron chi connectivity index (χ3n) is 4.98. The van der Waals surface area contributed by atoms with Crippen LogP contribution in [0.5, 0.6) is 0 Å². The van der Waals surface area contributed by atoms with Crippen molar-refractivity contribution in [3.05, 3.63) is 53.9 Å².